The summed E-state index contributed by atoms with van der Waals surface area (Å²) < 4.78 is 28.7. The quantitative estimate of drug-likeness (QED) is 0.802. The van der Waals surface area contributed by atoms with Crippen LogP contribution in [0.2, 0.25) is 0 Å². The maximum atomic E-state index is 12.2. The van der Waals surface area contributed by atoms with Crippen LogP contribution in [0.3, 0.4) is 0 Å². The maximum absolute atomic E-state index is 12.2. The fraction of sp³-hybridized carbons (Fsp3) is 0.462. The molecule has 0 aliphatic heterocycles. The Balaban J connectivity index is 2.58. The molecule has 0 bridgehead atoms. The first-order valence-corrected chi connectivity index (χ1v) is 6.10. The SMILES string of the molecule is CCC(C)NCC(=O)Nc1ccccc1OC(F)F. The number of anilines is 1. The summed E-state index contributed by atoms with van der Waals surface area (Å²) in [6, 6.07) is 6.31. The predicted molar refractivity (Wildman–Crippen MR) is 69.5 cm³/mol. The van der Waals surface area contributed by atoms with Crippen molar-refractivity contribution in [2.24, 2.45) is 0 Å². The first-order valence-electron chi connectivity index (χ1n) is 6.10. The summed E-state index contributed by atoms with van der Waals surface area (Å²) in [5, 5.41) is 5.55. The molecule has 1 aromatic rings. The van der Waals surface area contributed by atoms with Gasteiger partial charge in [0.15, 0.2) is 0 Å². The molecule has 6 heteroatoms. The molecular weight excluding hydrogens is 254 g/mol. The van der Waals surface area contributed by atoms with Crippen molar-refractivity contribution in [3.8, 4) is 5.75 Å². The molecule has 1 aromatic carbocycles. The molecule has 1 rings (SSSR count). The number of halogens is 2. The Morgan fingerprint density at radius 1 is 1.37 bits per heavy atom. The van der Waals surface area contributed by atoms with E-state index in [0.29, 0.717) is 0 Å². The second-order valence-corrected chi connectivity index (χ2v) is 4.11. The van der Waals surface area contributed by atoms with E-state index >= 15 is 0 Å². The van der Waals surface area contributed by atoms with Gasteiger partial charge in [-0.2, -0.15) is 8.78 Å². The zero-order valence-electron chi connectivity index (χ0n) is 11.0. The lowest BCUT2D eigenvalue weighted by atomic mass is 10.2. The predicted octanol–water partition coefficient (Wildman–Crippen LogP) is 2.61. The van der Waals surface area contributed by atoms with Crippen LogP contribution in [0.15, 0.2) is 24.3 Å². The zero-order chi connectivity index (χ0) is 14.3. The van der Waals surface area contributed by atoms with Gasteiger partial charge in [0.1, 0.15) is 5.75 Å². The molecule has 0 fully saturated rings. The number of carbonyl (C=O) groups is 1. The summed E-state index contributed by atoms with van der Waals surface area (Å²) in [6.45, 7) is 1.16. The summed E-state index contributed by atoms with van der Waals surface area (Å²) >= 11 is 0. The van der Waals surface area contributed by atoms with Gasteiger partial charge in [-0.25, -0.2) is 0 Å². The molecule has 1 unspecified atom stereocenters. The first-order chi connectivity index (χ1) is 9.02. The minimum atomic E-state index is -2.92. The molecule has 106 valence electrons. The van der Waals surface area contributed by atoms with Crippen LogP contribution in [-0.4, -0.2) is 25.1 Å². The summed E-state index contributed by atoms with van der Waals surface area (Å²) in [7, 11) is 0. The van der Waals surface area contributed by atoms with Crippen molar-refractivity contribution in [2.45, 2.75) is 32.9 Å². The number of carbonyl (C=O) groups excluding carboxylic acids is 1. The van der Waals surface area contributed by atoms with Crippen molar-refractivity contribution in [1.82, 2.24) is 5.32 Å². The molecule has 0 aromatic heterocycles. The van der Waals surface area contributed by atoms with Gasteiger partial charge >= 0.3 is 6.61 Å². The van der Waals surface area contributed by atoms with Crippen LogP contribution in [0, 0.1) is 0 Å². The largest absolute Gasteiger partial charge is 0.433 e. The van der Waals surface area contributed by atoms with Crippen LogP contribution >= 0.6 is 0 Å². The number of benzene rings is 1. The van der Waals surface area contributed by atoms with Crippen LogP contribution < -0.4 is 15.4 Å². The first kappa shape index (κ1) is 15.4. The van der Waals surface area contributed by atoms with E-state index in [0.717, 1.165) is 6.42 Å². The molecule has 0 heterocycles. The number of ether oxygens (including phenoxy) is 1. The molecule has 0 spiro atoms. The molecule has 2 N–H and O–H groups in total. The molecule has 1 atom stereocenters. The minimum Gasteiger partial charge on any atom is -0.433 e. The summed E-state index contributed by atoms with van der Waals surface area (Å²) in [5.74, 6) is -0.347. The Bertz CT molecular complexity index is 413. The van der Waals surface area contributed by atoms with Gasteiger partial charge in [0.05, 0.1) is 12.2 Å². The molecule has 19 heavy (non-hydrogen) atoms. The molecule has 1 amide bonds. The molecule has 0 radical (unpaired) electrons. The summed E-state index contributed by atoms with van der Waals surface area (Å²) in [6.07, 6.45) is 0.901. The standard InChI is InChI=1S/C13H18F2N2O2/c1-3-9(2)16-8-12(18)17-10-6-4-5-7-11(10)19-13(14)15/h4-7,9,13,16H,3,8H2,1-2H3,(H,17,18). The number of hydrogen-bond acceptors (Lipinski definition) is 3. The van der Waals surface area contributed by atoms with E-state index < -0.39 is 6.61 Å². The van der Waals surface area contributed by atoms with Crippen LogP contribution in [0.25, 0.3) is 0 Å². The number of rotatable bonds is 7. The number of hydrogen-bond donors (Lipinski definition) is 2. The van der Waals surface area contributed by atoms with Crippen molar-refractivity contribution in [3.05, 3.63) is 24.3 Å². The second-order valence-electron chi connectivity index (χ2n) is 4.11. The fourth-order valence-electron chi connectivity index (χ4n) is 1.37. The van der Waals surface area contributed by atoms with E-state index in [2.05, 4.69) is 15.4 Å². The van der Waals surface area contributed by atoms with Gasteiger partial charge < -0.3 is 15.4 Å². The van der Waals surface area contributed by atoms with Crippen LogP contribution in [0.1, 0.15) is 20.3 Å². The monoisotopic (exact) mass is 272 g/mol. The molecule has 0 aliphatic carbocycles. The molecule has 0 saturated carbocycles. The van der Waals surface area contributed by atoms with Crippen molar-refractivity contribution >= 4 is 11.6 Å². The normalized spacial score (nSPS) is 12.3. The third kappa shape index (κ3) is 5.65. The van der Waals surface area contributed by atoms with Gasteiger partial charge in [0.2, 0.25) is 5.91 Å². The lowest BCUT2D eigenvalue weighted by molar-refractivity contribution is -0.115. The van der Waals surface area contributed by atoms with Crippen molar-refractivity contribution < 1.29 is 18.3 Å². The Hall–Kier alpha value is -1.69. The topological polar surface area (TPSA) is 50.4 Å². The van der Waals surface area contributed by atoms with E-state index in [1.54, 1.807) is 12.1 Å². The summed E-state index contributed by atoms with van der Waals surface area (Å²) in [4.78, 5) is 11.7. The van der Waals surface area contributed by atoms with Gasteiger partial charge in [-0.3, -0.25) is 4.79 Å². The minimum absolute atomic E-state index is 0.0469. The Morgan fingerprint density at radius 2 is 2.05 bits per heavy atom. The zero-order valence-corrected chi connectivity index (χ0v) is 11.0. The lowest BCUT2D eigenvalue weighted by Gasteiger charge is -2.13. The number of alkyl halides is 2. The second kappa shape index (κ2) is 7.68. The molecule has 0 saturated heterocycles. The third-order valence-electron chi connectivity index (χ3n) is 2.60. The van der Waals surface area contributed by atoms with Crippen LogP contribution in [-0.2, 0) is 4.79 Å². The molecule has 4 nitrogen and oxygen atoms in total. The van der Waals surface area contributed by atoms with E-state index in [1.807, 2.05) is 13.8 Å². The molecular formula is C13H18F2N2O2. The van der Waals surface area contributed by atoms with Crippen molar-refractivity contribution in [2.75, 3.05) is 11.9 Å². The highest BCUT2D eigenvalue weighted by molar-refractivity contribution is 5.93. The Morgan fingerprint density at radius 3 is 2.68 bits per heavy atom. The van der Waals surface area contributed by atoms with Gasteiger partial charge in [0, 0.05) is 6.04 Å². The summed E-state index contributed by atoms with van der Waals surface area (Å²) in [5.41, 5.74) is 0.235. The van der Waals surface area contributed by atoms with E-state index in [1.165, 1.54) is 12.1 Å². The third-order valence-corrected chi connectivity index (χ3v) is 2.60. The van der Waals surface area contributed by atoms with Crippen molar-refractivity contribution in [1.29, 1.82) is 0 Å². The Labute approximate surface area is 111 Å². The average molecular weight is 272 g/mol. The van der Waals surface area contributed by atoms with E-state index in [4.69, 9.17) is 0 Å². The van der Waals surface area contributed by atoms with E-state index in [-0.39, 0.29) is 29.9 Å². The maximum Gasteiger partial charge on any atom is 0.387 e. The van der Waals surface area contributed by atoms with Crippen LogP contribution in [0.4, 0.5) is 14.5 Å². The van der Waals surface area contributed by atoms with Gasteiger partial charge in [-0.1, -0.05) is 19.1 Å². The highest BCUT2D eigenvalue weighted by Gasteiger charge is 2.11. The number of amides is 1. The smallest absolute Gasteiger partial charge is 0.387 e. The fourth-order valence-corrected chi connectivity index (χ4v) is 1.37. The van der Waals surface area contributed by atoms with Gasteiger partial charge in [-0.05, 0) is 25.5 Å². The number of nitrogens with one attached hydrogen (secondary N) is 2. The Kier molecular flexibility index (Phi) is 6.21. The average Bonchev–Trinajstić information content (AvgIpc) is 2.37. The highest BCUT2D eigenvalue weighted by atomic mass is 19.3. The van der Waals surface area contributed by atoms with Gasteiger partial charge in [-0.15, -0.1) is 0 Å². The lowest BCUT2D eigenvalue weighted by Crippen LogP contribution is -2.34. The molecule has 0 aliphatic rings. The van der Waals surface area contributed by atoms with Crippen LogP contribution in [0.5, 0.6) is 5.75 Å². The number of para-hydroxylation sites is 2. The van der Waals surface area contributed by atoms with Gasteiger partial charge in [0.25, 0.3) is 0 Å². The highest BCUT2D eigenvalue weighted by Crippen LogP contribution is 2.25. The van der Waals surface area contributed by atoms with Crippen molar-refractivity contribution in [3.63, 3.8) is 0 Å². The van der Waals surface area contributed by atoms with E-state index in [9.17, 15) is 13.6 Å².